The second-order valence-electron chi connectivity index (χ2n) is 3.98. The standard InChI is InChI=1S/C11H17NO2/c1-5-13-10-7-6-9(8-12-10)14-11(2,3)4/h6-8H,5H2,1-4H3. The third-order valence-electron chi connectivity index (χ3n) is 1.43. The van der Waals surface area contributed by atoms with E-state index in [1.165, 1.54) is 0 Å². The van der Waals surface area contributed by atoms with Gasteiger partial charge in [-0.15, -0.1) is 0 Å². The lowest BCUT2D eigenvalue weighted by Crippen LogP contribution is -2.22. The van der Waals surface area contributed by atoms with Gasteiger partial charge >= 0.3 is 0 Å². The van der Waals surface area contributed by atoms with E-state index in [0.717, 1.165) is 5.75 Å². The number of hydrogen-bond donors (Lipinski definition) is 0. The van der Waals surface area contributed by atoms with Crippen molar-refractivity contribution in [3.63, 3.8) is 0 Å². The maximum Gasteiger partial charge on any atom is 0.213 e. The molecule has 0 aliphatic carbocycles. The van der Waals surface area contributed by atoms with E-state index in [4.69, 9.17) is 9.47 Å². The molecule has 1 rings (SSSR count). The van der Waals surface area contributed by atoms with Crippen LogP contribution in [0.4, 0.5) is 0 Å². The molecule has 1 aromatic rings. The molecule has 0 bridgehead atoms. The molecule has 0 radical (unpaired) electrons. The van der Waals surface area contributed by atoms with E-state index in [1.54, 1.807) is 6.20 Å². The van der Waals surface area contributed by atoms with Crippen LogP contribution in [-0.2, 0) is 0 Å². The SMILES string of the molecule is CCOc1ccc(OC(C)(C)C)cn1. The summed E-state index contributed by atoms with van der Waals surface area (Å²) in [5.41, 5.74) is -0.186. The van der Waals surface area contributed by atoms with Crippen molar-refractivity contribution in [1.29, 1.82) is 0 Å². The molecule has 78 valence electrons. The summed E-state index contributed by atoms with van der Waals surface area (Å²) in [4.78, 5) is 4.11. The summed E-state index contributed by atoms with van der Waals surface area (Å²) in [6.45, 7) is 8.57. The maximum atomic E-state index is 5.62. The van der Waals surface area contributed by atoms with Gasteiger partial charge in [0.25, 0.3) is 0 Å². The minimum atomic E-state index is -0.186. The average Bonchev–Trinajstić information content (AvgIpc) is 2.06. The summed E-state index contributed by atoms with van der Waals surface area (Å²) in [7, 11) is 0. The van der Waals surface area contributed by atoms with Crippen LogP contribution in [0.3, 0.4) is 0 Å². The van der Waals surface area contributed by atoms with Crippen LogP contribution in [0.1, 0.15) is 27.7 Å². The number of pyridine rings is 1. The smallest absolute Gasteiger partial charge is 0.213 e. The first-order valence-electron chi connectivity index (χ1n) is 4.79. The van der Waals surface area contributed by atoms with E-state index in [1.807, 2.05) is 39.8 Å². The molecule has 0 spiro atoms. The molecular formula is C11H17NO2. The molecule has 0 fully saturated rings. The van der Waals surface area contributed by atoms with Gasteiger partial charge in [0, 0.05) is 6.07 Å². The van der Waals surface area contributed by atoms with Crippen molar-refractivity contribution in [2.75, 3.05) is 6.61 Å². The van der Waals surface area contributed by atoms with Gasteiger partial charge in [-0.05, 0) is 33.8 Å². The minimum Gasteiger partial charge on any atom is -0.487 e. The number of nitrogens with zero attached hydrogens (tertiary/aromatic N) is 1. The summed E-state index contributed by atoms with van der Waals surface area (Å²) in [5.74, 6) is 1.40. The zero-order chi connectivity index (χ0) is 10.6. The van der Waals surface area contributed by atoms with Gasteiger partial charge in [-0.2, -0.15) is 0 Å². The first-order valence-corrected chi connectivity index (χ1v) is 4.79. The monoisotopic (exact) mass is 195 g/mol. The number of aromatic nitrogens is 1. The topological polar surface area (TPSA) is 31.4 Å². The summed E-state index contributed by atoms with van der Waals surface area (Å²) >= 11 is 0. The van der Waals surface area contributed by atoms with Gasteiger partial charge in [-0.1, -0.05) is 0 Å². The maximum absolute atomic E-state index is 5.62. The first-order chi connectivity index (χ1) is 6.51. The van der Waals surface area contributed by atoms with E-state index in [0.29, 0.717) is 12.5 Å². The Labute approximate surface area is 85.1 Å². The quantitative estimate of drug-likeness (QED) is 0.743. The molecule has 0 aliphatic heterocycles. The molecule has 14 heavy (non-hydrogen) atoms. The van der Waals surface area contributed by atoms with Crippen molar-refractivity contribution in [2.45, 2.75) is 33.3 Å². The van der Waals surface area contributed by atoms with Crippen molar-refractivity contribution >= 4 is 0 Å². The van der Waals surface area contributed by atoms with Gasteiger partial charge in [0.15, 0.2) is 0 Å². The van der Waals surface area contributed by atoms with Gasteiger partial charge in [-0.3, -0.25) is 0 Å². The van der Waals surface area contributed by atoms with Crippen LogP contribution in [0.2, 0.25) is 0 Å². The van der Waals surface area contributed by atoms with Crippen LogP contribution in [0.5, 0.6) is 11.6 Å². The Morgan fingerprint density at radius 2 is 2.00 bits per heavy atom. The Bertz CT molecular complexity index is 274. The minimum absolute atomic E-state index is 0.186. The zero-order valence-electron chi connectivity index (χ0n) is 9.20. The molecular weight excluding hydrogens is 178 g/mol. The lowest BCUT2D eigenvalue weighted by molar-refractivity contribution is 0.130. The molecule has 0 aromatic carbocycles. The van der Waals surface area contributed by atoms with Gasteiger partial charge in [-0.25, -0.2) is 4.98 Å². The molecule has 0 N–H and O–H groups in total. The van der Waals surface area contributed by atoms with Crippen molar-refractivity contribution in [3.05, 3.63) is 18.3 Å². The molecule has 0 saturated carbocycles. The fourth-order valence-electron chi connectivity index (χ4n) is 1.01. The van der Waals surface area contributed by atoms with Crippen molar-refractivity contribution < 1.29 is 9.47 Å². The van der Waals surface area contributed by atoms with Crippen LogP contribution in [0.25, 0.3) is 0 Å². The van der Waals surface area contributed by atoms with Gasteiger partial charge in [0.1, 0.15) is 11.4 Å². The Morgan fingerprint density at radius 1 is 1.29 bits per heavy atom. The molecule has 0 unspecified atom stereocenters. The Kier molecular flexibility index (Phi) is 3.33. The summed E-state index contributed by atoms with van der Waals surface area (Å²) in [6, 6.07) is 3.67. The van der Waals surface area contributed by atoms with E-state index in [2.05, 4.69) is 4.98 Å². The molecule has 0 aliphatic rings. The number of hydrogen-bond acceptors (Lipinski definition) is 3. The fraction of sp³-hybridized carbons (Fsp3) is 0.545. The van der Waals surface area contributed by atoms with Crippen LogP contribution >= 0.6 is 0 Å². The zero-order valence-corrected chi connectivity index (χ0v) is 9.20. The Morgan fingerprint density at radius 3 is 2.43 bits per heavy atom. The van der Waals surface area contributed by atoms with Crippen molar-refractivity contribution in [1.82, 2.24) is 4.98 Å². The number of ether oxygens (including phenoxy) is 2. The lowest BCUT2D eigenvalue weighted by atomic mass is 10.2. The predicted molar refractivity (Wildman–Crippen MR) is 55.8 cm³/mol. The summed E-state index contributed by atoms with van der Waals surface area (Å²) in [6.07, 6.45) is 1.68. The van der Waals surface area contributed by atoms with E-state index >= 15 is 0 Å². The highest BCUT2D eigenvalue weighted by Crippen LogP contribution is 2.18. The second kappa shape index (κ2) is 4.31. The van der Waals surface area contributed by atoms with Gasteiger partial charge < -0.3 is 9.47 Å². The molecule has 0 saturated heterocycles. The summed E-state index contributed by atoms with van der Waals surface area (Å²) in [5, 5.41) is 0. The lowest BCUT2D eigenvalue weighted by Gasteiger charge is -2.20. The molecule has 0 amide bonds. The predicted octanol–water partition coefficient (Wildman–Crippen LogP) is 2.66. The second-order valence-corrected chi connectivity index (χ2v) is 3.98. The third-order valence-corrected chi connectivity index (χ3v) is 1.43. The van der Waals surface area contributed by atoms with E-state index in [9.17, 15) is 0 Å². The third kappa shape index (κ3) is 3.64. The Balaban J connectivity index is 2.64. The molecule has 1 aromatic heterocycles. The van der Waals surface area contributed by atoms with E-state index in [-0.39, 0.29) is 5.60 Å². The molecule has 1 heterocycles. The first kappa shape index (κ1) is 10.8. The summed E-state index contributed by atoms with van der Waals surface area (Å²) < 4.78 is 10.8. The normalized spacial score (nSPS) is 11.1. The molecule has 3 nitrogen and oxygen atoms in total. The van der Waals surface area contributed by atoms with Gasteiger partial charge in [0.05, 0.1) is 12.8 Å². The van der Waals surface area contributed by atoms with Crippen molar-refractivity contribution in [2.24, 2.45) is 0 Å². The van der Waals surface area contributed by atoms with Gasteiger partial charge in [0.2, 0.25) is 5.88 Å². The largest absolute Gasteiger partial charge is 0.487 e. The van der Waals surface area contributed by atoms with Crippen LogP contribution in [0.15, 0.2) is 18.3 Å². The number of rotatable bonds is 3. The van der Waals surface area contributed by atoms with Crippen LogP contribution in [-0.4, -0.2) is 17.2 Å². The highest BCUT2D eigenvalue weighted by atomic mass is 16.5. The van der Waals surface area contributed by atoms with Crippen molar-refractivity contribution in [3.8, 4) is 11.6 Å². The molecule has 0 atom stereocenters. The van der Waals surface area contributed by atoms with Crippen LogP contribution in [0, 0.1) is 0 Å². The fourth-order valence-corrected chi connectivity index (χ4v) is 1.01. The highest BCUT2D eigenvalue weighted by Gasteiger charge is 2.11. The molecule has 3 heteroatoms. The van der Waals surface area contributed by atoms with Crippen LogP contribution < -0.4 is 9.47 Å². The highest BCUT2D eigenvalue weighted by molar-refractivity contribution is 5.23. The van der Waals surface area contributed by atoms with E-state index < -0.39 is 0 Å². The Hall–Kier alpha value is -1.25. The average molecular weight is 195 g/mol.